The van der Waals surface area contributed by atoms with Crippen molar-refractivity contribution in [3.63, 3.8) is 0 Å². The fourth-order valence-corrected chi connectivity index (χ4v) is 2.99. The number of rotatable bonds is 3. The summed E-state index contributed by atoms with van der Waals surface area (Å²) < 4.78 is 1.62. The molecule has 0 bridgehead atoms. The van der Waals surface area contributed by atoms with E-state index in [-0.39, 0.29) is 5.56 Å². The quantitative estimate of drug-likeness (QED) is 0.935. The summed E-state index contributed by atoms with van der Waals surface area (Å²) in [7, 11) is 1.77. The Morgan fingerprint density at radius 1 is 1.26 bits per heavy atom. The predicted octanol–water partition coefficient (Wildman–Crippen LogP) is 3.19. The third-order valence-corrected chi connectivity index (χ3v) is 4.23. The van der Waals surface area contributed by atoms with Crippen LogP contribution in [-0.2, 0) is 7.05 Å². The van der Waals surface area contributed by atoms with Crippen molar-refractivity contribution in [2.75, 3.05) is 0 Å². The van der Waals surface area contributed by atoms with Crippen molar-refractivity contribution in [1.82, 2.24) is 9.78 Å². The van der Waals surface area contributed by atoms with Crippen LogP contribution in [-0.4, -0.2) is 20.9 Å². The van der Waals surface area contributed by atoms with Crippen molar-refractivity contribution in [1.29, 1.82) is 0 Å². The molecule has 0 aliphatic carbocycles. The second kappa shape index (κ2) is 5.09. The van der Waals surface area contributed by atoms with Crippen LogP contribution in [0.2, 0.25) is 0 Å². The minimum absolute atomic E-state index is 0.283. The number of hydrogen-bond donors (Lipinski definition) is 1. The first-order valence-corrected chi connectivity index (χ1v) is 6.73. The van der Waals surface area contributed by atoms with Gasteiger partial charge in [-0.25, -0.2) is 4.79 Å². The monoisotopic (exact) mass is 276 g/mol. The Bertz CT molecular complexity index is 647. The Balaban J connectivity index is 2.43. The van der Waals surface area contributed by atoms with Gasteiger partial charge in [-0.15, -0.1) is 0 Å². The van der Waals surface area contributed by atoms with Crippen LogP contribution < -0.4 is 0 Å². The van der Waals surface area contributed by atoms with Gasteiger partial charge in [0.25, 0.3) is 0 Å². The molecule has 2 aromatic rings. The molecule has 0 amide bonds. The number of carboxylic acids is 1. The maximum atomic E-state index is 11.3. The molecule has 0 atom stereocenters. The summed E-state index contributed by atoms with van der Waals surface area (Å²) >= 11 is 1.43. The van der Waals surface area contributed by atoms with E-state index < -0.39 is 5.97 Å². The third-order valence-electron chi connectivity index (χ3n) is 3.08. The molecule has 1 N–H and O–H groups in total. The van der Waals surface area contributed by atoms with Crippen LogP contribution in [0.5, 0.6) is 0 Å². The minimum Gasteiger partial charge on any atom is -0.478 e. The molecule has 2 rings (SSSR count). The first-order chi connectivity index (χ1) is 8.90. The average Bonchev–Trinajstić information content (AvgIpc) is 2.59. The van der Waals surface area contributed by atoms with Crippen LogP contribution >= 0.6 is 11.8 Å². The van der Waals surface area contributed by atoms with Crippen LogP contribution in [0, 0.1) is 20.8 Å². The van der Waals surface area contributed by atoms with Crippen LogP contribution in [0.3, 0.4) is 0 Å². The van der Waals surface area contributed by atoms with Crippen molar-refractivity contribution in [3.05, 3.63) is 40.6 Å². The molecule has 0 radical (unpaired) electrons. The topological polar surface area (TPSA) is 55.1 Å². The first-order valence-electron chi connectivity index (χ1n) is 5.92. The van der Waals surface area contributed by atoms with E-state index in [1.165, 1.54) is 22.9 Å². The Morgan fingerprint density at radius 3 is 2.53 bits per heavy atom. The first kappa shape index (κ1) is 13.7. The fourth-order valence-electron chi connectivity index (χ4n) is 1.89. The number of benzene rings is 1. The van der Waals surface area contributed by atoms with Gasteiger partial charge in [0, 0.05) is 11.9 Å². The molecule has 0 fully saturated rings. The number of carbonyl (C=O) groups is 1. The normalized spacial score (nSPS) is 10.7. The lowest BCUT2D eigenvalue weighted by atomic mass is 10.1. The molecule has 19 heavy (non-hydrogen) atoms. The molecule has 0 spiro atoms. The van der Waals surface area contributed by atoms with Crippen molar-refractivity contribution in [2.45, 2.75) is 30.7 Å². The highest BCUT2D eigenvalue weighted by molar-refractivity contribution is 7.99. The summed E-state index contributed by atoms with van der Waals surface area (Å²) in [6.45, 7) is 5.82. The number of nitrogens with zero attached hydrogens (tertiary/aromatic N) is 2. The van der Waals surface area contributed by atoms with E-state index in [1.807, 2.05) is 19.1 Å². The standard InChI is InChI=1S/C14H16N2O2S/c1-8-5-6-11(7-9(8)2)19-13-12(14(17)18)10(3)15-16(13)4/h5-7H,1-4H3,(H,17,18). The number of aromatic nitrogens is 2. The lowest BCUT2D eigenvalue weighted by Gasteiger charge is -2.06. The molecule has 4 nitrogen and oxygen atoms in total. The zero-order valence-corrected chi connectivity index (χ0v) is 12.2. The Hall–Kier alpha value is -1.75. The van der Waals surface area contributed by atoms with Crippen LogP contribution in [0.1, 0.15) is 27.2 Å². The summed E-state index contributed by atoms with van der Waals surface area (Å²) in [5.74, 6) is -0.933. The van der Waals surface area contributed by atoms with Crippen molar-refractivity contribution >= 4 is 17.7 Å². The third kappa shape index (κ3) is 2.66. The molecule has 0 unspecified atom stereocenters. The highest BCUT2D eigenvalue weighted by atomic mass is 32.2. The molecular weight excluding hydrogens is 260 g/mol. The van der Waals surface area contributed by atoms with Crippen LogP contribution in [0.25, 0.3) is 0 Å². The smallest absolute Gasteiger partial charge is 0.340 e. The zero-order valence-electron chi connectivity index (χ0n) is 11.4. The molecule has 5 heteroatoms. The predicted molar refractivity (Wildman–Crippen MR) is 74.9 cm³/mol. The Morgan fingerprint density at radius 2 is 1.95 bits per heavy atom. The maximum Gasteiger partial charge on any atom is 0.340 e. The van der Waals surface area contributed by atoms with E-state index in [9.17, 15) is 9.90 Å². The van der Waals surface area contributed by atoms with Gasteiger partial charge < -0.3 is 5.11 Å². The molecular formula is C14H16N2O2S. The van der Waals surface area contributed by atoms with Gasteiger partial charge in [0.15, 0.2) is 0 Å². The van der Waals surface area contributed by atoms with Gasteiger partial charge in [-0.05, 0) is 44.0 Å². The van der Waals surface area contributed by atoms with E-state index >= 15 is 0 Å². The molecule has 0 saturated carbocycles. The summed E-state index contributed by atoms with van der Waals surface area (Å²) in [6, 6.07) is 6.11. The lowest BCUT2D eigenvalue weighted by Crippen LogP contribution is -2.00. The summed E-state index contributed by atoms with van der Waals surface area (Å²) in [6.07, 6.45) is 0. The second-order valence-corrected chi connectivity index (χ2v) is 5.60. The van der Waals surface area contributed by atoms with Gasteiger partial charge in [0.2, 0.25) is 0 Å². The highest BCUT2D eigenvalue weighted by Gasteiger charge is 2.20. The number of carboxylic acid groups (broad SMARTS) is 1. The Labute approximate surface area is 116 Å². The second-order valence-electron chi connectivity index (χ2n) is 4.54. The van der Waals surface area contributed by atoms with E-state index in [0.29, 0.717) is 10.7 Å². The average molecular weight is 276 g/mol. The molecule has 0 aliphatic heterocycles. The zero-order chi connectivity index (χ0) is 14.2. The van der Waals surface area contributed by atoms with Gasteiger partial charge in [0.05, 0.1) is 5.69 Å². The van der Waals surface area contributed by atoms with Crippen LogP contribution in [0.4, 0.5) is 0 Å². The van der Waals surface area contributed by atoms with E-state index in [1.54, 1.807) is 18.7 Å². The molecule has 1 aromatic heterocycles. The molecule has 0 aliphatic rings. The van der Waals surface area contributed by atoms with E-state index in [2.05, 4.69) is 18.1 Å². The van der Waals surface area contributed by atoms with Gasteiger partial charge >= 0.3 is 5.97 Å². The van der Waals surface area contributed by atoms with Crippen molar-refractivity contribution in [2.24, 2.45) is 7.05 Å². The lowest BCUT2D eigenvalue weighted by molar-refractivity contribution is 0.0692. The molecule has 1 heterocycles. The SMILES string of the molecule is Cc1ccc(Sc2c(C(=O)O)c(C)nn2C)cc1C. The number of aromatic carboxylic acids is 1. The largest absolute Gasteiger partial charge is 0.478 e. The molecule has 1 aromatic carbocycles. The van der Waals surface area contributed by atoms with Gasteiger partial charge in [-0.2, -0.15) is 5.10 Å². The summed E-state index contributed by atoms with van der Waals surface area (Å²) in [5.41, 5.74) is 3.25. The van der Waals surface area contributed by atoms with Gasteiger partial charge in [0.1, 0.15) is 10.6 Å². The Kier molecular flexibility index (Phi) is 3.66. The van der Waals surface area contributed by atoms with Gasteiger partial charge in [-0.3, -0.25) is 4.68 Å². The number of hydrogen-bond acceptors (Lipinski definition) is 3. The van der Waals surface area contributed by atoms with Crippen LogP contribution in [0.15, 0.2) is 28.1 Å². The molecule has 100 valence electrons. The maximum absolute atomic E-state index is 11.3. The minimum atomic E-state index is -0.933. The highest BCUT2D eigenvalue weighted by Crippen LogP contribution is 2.32. The summed E-state index contributed by atoms with van der Waals surface area (Å²) in [4.78, 5) is 12.3. The van der Waals surface area contributed by atoms with Crippen molar-refractivity contribution in [3.8, 4) is 0 Å². The van der Waals surface area contributed by atoms with Gasteiger partial charge in [-0.1, -0.05) is 17.8 Å². The molecule has 0 saturated heterocycles. The van der Waals surface area contributed by atoms with E-state index in [0.717, 1.165) is 4.90 Å². The fraction of sp³-hybridized carbons (Fsp3) is 0.286. The van der Waals surface area contributed by atoms with Crippen molar-refractivity contribution < 1.29 is 9.90 Å². The van der Waals surface area contributed by atoms with E-state index in [4.69, 9.17) is 0 Å². The summed E-state index contributed by atoms with van der Waals surface area (Å²) in [5, 5.41) is 14.1. The number of aryl methyl sites for hydroxylation is 4.